The average molecular weight is 910 g/mol. The molecule has 0 fully saturated rings. The van der Waals surface area contributed by atoms with Crippen molar-refractivity contribution in [2.75, 3.05) is 18.8 Å². The molecule has 0 spiro atoms. The molecular formula is C40H45O18S3. The SMILES string of the molecule is CC1(C)Oc2c(c(S(C)(=O)=O)c3c(c2[C](c2c4c(c(S(C)(=O)=O)c5c2OC(C)(C)O5)OC(C)(C)O4)c2c4c(c(S(C)(=O)=O)c5c2OC(C)(C)O5)OC(C)(C)O4)OC(C)(C)O3)O1. The molecule has 0 bridgehead atoms. The third-order valence-electron chi connectivity index (χ3n) is 9.87. The lowest BCUT2D eigenvalue weighted by Gasteiger charge is -2.28. The van der Waals surface area contributed by atoms with Crippen LogP contribution in [0.15, 0.2) is 14.7 Å². The maximum Gasteiger partial charge on any atom is 0.246 e. The monoisotopic (exact) mass is 909 g/mol. The van der Waals surface area contributed by atoms with Crippen LogP contribution in [0.4, 0.5) is 0 Å². The van der Waals surface area contributed by atoms with Crippen molar-refractivity contribution >= 4 is 29.5 Å². The van der Waals surface area contributed by atoms with Crippen molar-refractivity contribution in [2.24, 2.45) is 0 Å². The van der Waals surface area contributed by atoms with E-state index in [1.54, 1.807) is 83.1 Å². The van der Waals surface area contributed by atoms with Gasteiger partial charge in [-0.25, -0.2) is 25.3 Å². The molecule has 0 unspecified atom stereocenters. The smallest absolute Gasteiger partial charge is 0.246 e. The van der Waals surface area contributed by atoms with E-state index in [0.29, 0.717) is 0 Å². The molecule has 3 aromatic carbocycles. The van der Waals surface area contributed by atoms with E-state index in [9.17, 15) is 25.3 Å². The van der Waals surface area contributed by atoms with E-state index in [0.717, 1.165) is 18.8 Å². The zero-order valence-corrected chi connectivity index (χ0v) is 38.5. The first-order valence-corrected chi connectivity index (χ1v) is 24.7. The van der Waals surface area contributed by atoms with E-state index >= 15 is 0 Å². The van der Waals surface area contributed by atoms with Gasteiger partial charge in [-0.15, -0.1) is 0 Å². The van der Waals surface area contributed by atoms with E-state index in [1.165, 1.54) is 0 Å². The lowest BCUT2D eigenvalue weighted by molar-refractivity contribution is -0.0511. The number of rotatable bonds is 6. The molecule has 3 aromatic rings. The van der Waals surface area contributed by atoms with Crippen molar-refractivity contribution in [3.05, 3.63) is 22.6 Å². The Labute approximate surface area is 353 Å². The van der Waals surface area contributed by atoms with Crippen LogP contribution in [0.5, 0.6) is 69.0 Å². The summed E-state index contributed by atoms with van der Waals surface area (Å²) in [4.78, 5) is -1.15. The molecular weight excluding hydrogens is 865 g/mol. The lowest BCUT2D eigenvalue weighted by atomic mass is 9.81. The van der Waals surface area contributed by atoms with Crippen LogP contribution in [-0.2, 0) is 29.5 Å². The van der Waals surface area contributed by atoms with Gasteiger partial charge >= 0.3 is 0 Å². The number of fused-ring (bicyclic) bond motifs is 6. The van der Waals surface area contributed by atoms with Crippen molar-refractivity contribution < 1.29 is 82.1 Å². The molecule has 18 nitrogen and oxygen atoms in total. The molecule has 331 valence electrons. The summed E-state index contributed by atoms with van der Waals surface area (Å²) >= 11 is 0. The molecule has 0 saturated heterocycles. The van der Waals surface area contributed by atoms with Gasteiger partial charge in [-0.05, 0) is 0 Å². The van der Waals surface area contributed by atoms with E-state index in [4.69, 9.17) is 56.8 Å². The predicted molar refractivity (Wildman–Crippen MR) is 211 cm³/mol. The fourth-order valence-electron chi connectivity index (χ4n) is 8.20. The molecule has 0 aliphatic carbocycles. The van der Waals surface area contributed by atoms with Gasteiger partial charge in [-0.3, -0.25) is 0 Å². The van der Waals surface area contributed by atoms with Crippen LogP contribution in [0, 0.1) is 5.92 Å². The molecule has 6 aliphatic heterocycles. The van der Waals surface area contributed by atoms with Crippen molar-refractivity contribution in [3.8, 4) is 69.0 Å². The van der Waals surface area contributed by atoms with E-state index in [-0.39, 0.29) is 106 Å². The summed E-state index contributed by atoms with van der Waals surface area (Å²) in [6.07, 6.45) is 2.93. The fraction of sp³-hybridized carbons (Fsp3) is 0.525. The molecule has 9 rings (SSSR count). The van der Waals surface area contributed by atoms with E-state index < -0.39 is 64.2 Å². The van der Waals surface area contributed by atoms with Gasteiger partial charge in [0.25, 0.3) is 0 Å². The highest BCUT2D eigenvalue weighted by Gasteiger charge is 2.58. The minimum Gasteiger partial charge on any atom is -0.449 e. The Kier molecular flexibility index (Phi) is 7.86. The van der Waals surface area contributed by atoms with Crippen LogP contribution >= 0.6 is 0 Å². The van der Waals surface area contributed by atoms with Gasteiger partial charge < -0.3 is 56.8 Å². The van der Waals surface area contributed by atoms with Gasteiger partial charge in [-0.1, -0.05) is 0 Å². The molecule has 0 atom stereocenters. The van der Waals surface area contributed by atoms with Gasteiger partial charge in [0.15, 0.2) is 113 Å². The first kappa shape index (κ1) is 41.5. The van der Waals surface area contributed by atoms with Crippen LogP contribution in [-0.4, -0.2) is 78.7 Å². The van der Waals surface area contributed by atoms with Gasteiger partial charge in [-0.2, -0.15) is 0 Å². The summed E-state index contributed by atoms with van der Waals surface area (Å²) in [5.74, 6) is -11.9. The molecule has 1 radical (unpaired) electrons. The number of sulfone groups is 3. The highest BCUT2D eigenvalue weighted by atomic mass is 32.2. The largest absolute Gasteiger partial charge is 0.449 e. The third kappa shape index (κ3) is 6.30. The number of hydrogen-bond acceptors (Lipinski definition) is 18. The molecule has 6 heterocycles. The highest BCUT2D eigenvalue weighted by molar-refractivity contribution is 7.91. The molecule has 0 saturated carbocycles. The van der Waals surface area contributed by atoms with E-state index in [1.807, 2.05) is 0 Å². The Bertz CT molecular complexity index is 2460. The Morgan fingerprint density at radius 3 is 0.541 bits per heavy atom. The Morgan fingerprint density at radius 2 is 0.410 bits per heavy atom. The summed E-state index contributed by atoms with van der Waals surface area (Å²) in [7, 11) is -12.6. The summed E-state index contributed by atoms with van der Waals surface area (Å²) in [6.45, 7) is 18.7. The molecule has 6 aliphatic rings. The molecule has 21 heteroatoms. The van der Waals surface area contributed by atoms with Crippen LogP contribution in [0.1, 0.15) is 99.8 Å². The van der Waals surface area contributed by atoms with Crippen LogP contribution in [0.3, 0.4) is 0 Å². The second-order valence-corrected chi connectivity index (χ2v) is 24.2. The lowest BCUT2D eigenvalue weighted by Crippen LogP contribution is -2.32. The van der Waals surface area contributed by atoms with Crippen LogP contribution in [0.25, 0.3) is 0 Å². The van der Waals surface area contributed by atoms with Crippen molar-refractivity contribution in [1.82, 2.24) is 0 Å². The topological polar surface area (TPSA) is 213 Å². The van der Waals surface area contributed by atoms with Gasteiger partial charge in [0, 0.05) is 102 Å². The Morgan fingerprint density at radius 1 is 0.279 bits per heavy atom. The Hall–Kier alpha value is -4.89. The fourth-order valence-corrected chi connectivity index (χ4v) is 11.0. The summed E-state index contributed by atoms with van der Waals surface area (Å²) < 4.78 is 160. The highest BCUT2D eigenvalue weighted by Crippen LogP contribution is 2.70. The maximum absolute atomic E-state index is 13.8. The third-order valence-corrected chi connectivity index (χ3v) is 13.2. The normalized spacial score (nSPS) is 21.6. The number of hydrogen-bond donors (Lipinski definition) is 0. The minimum atomic E-state index is -4.20. The quantitative estimate of drug-likeness (QED) is 0.261. The number of benzene rings is 3. The van der Waals surface area contributed by atoms with Crippen molar-refractivity contribution in [3.63, 3.8) is 0 Å². The molecule has 61 heavy (non-hydrogen) atoms. The van der Waals surface area contributed by atoms with Crippen molar-refractivity contribution in [1.29, 1.82) is 0 Å². The van der Waals surface area contributed by atoms with Crippen LogP contribution < -0.4 is 56.8 Å². The Balaban J connectivity index is 1.56. The first-order valence-electron chi connectivity index (χ1n) is 19.0. The minimum absolute atomic E-state index is 0.0650. The zero-order valence-electron chi connectivity index (χ0n) is 36.1. The van der Waals surface area contributed by atoms with Crippen molar-refractivity contribution in [2.45, 2.75) is 132 Å². The summed E-state index contributed by atoms with van der Waals surface area (Å²) in [5.41, 5.74) is -0.195. The van der Waals surface area contributed by atoms with Crippen LogP contribution in [0.2, 0.25) is 0 Å². The van der Waals surface area contributed by atoms with Gasteiger partial charge in [0.05, 0.1) is 22.6 Å². The van der Waals surface area contributed by atoms with Gasteiger partial charge in [0.1, 0.15) is 0 Å². The first-order chi connectivity index (χ1) is 27.5. The number of ether oxygens (including phenoxy) is 12. The molecule has 0 N–H and O–H groups in total. The predicted octanol–water partition coefficient (Wildman–Crippen LogP) is 5.96. The maximum atomic E-state index is 13.8. The molecule has 0 aromatic heterocycles. The second kappa shape index (κ2) is 11.6. The summed E-state index contributed by atoms with van der Waals surface area (Å²) in [5, 5.41) is 0. The standard InChI is InChI=1S/C40H45O18S3/c1-35(2)47-20-17(21-27(54-36(3,4)48-21)32(26(20)53-35)59(13,41)42)16(18-22-28(55-37(5,6)49-22)33(60(14,43)44)29-23(18)50-38(7,8)56-29)19-24-30(57-39(9,10)51-24)34(61(15,45)46)31-25(19)52-40(11,12)58-31/h1-15H3. The average Bonchev–Trinajstić information content (AvgIpc) is 3.83. The van der Waals surface area contributed by atoms with E-state index in [2.05, 4.69) is 0 Å². The summed E-state index contributed by atoms with van der Waals surface area (Å²) in [6, 6.07) is 0. The van der Waals surface area contributed by atoms with Gasteiger partial charge in [0.2, 0.25) is 34.7 Å². The second-order valence-electron chi connectivity index (χ2n) is 18.4. The zero-order chi connectivity index (χ0) is 45.0. The molecule has 0 amide bonds.